The molecular formula is C14H22N2. The fraction of sp³-hybridized carbons (Fsp3) is 0.571. The maximum Gasteiger partial charge on any atom is 0.0373 e. The minimum atomic E-state index is 0.635. The van der Waals surface area contributed by atoms with Crippen LogP contribution in [0, 0.1) is 12.8 Å². The summed E-state index contributed by atoms with van der Waals surface area (Å²) in [7, 11) is 0. The van der Waals surface area contributed by atoms with Gasteiger partial charge in [0.05, 0.1) is 0 Å². The van der Waals surface area contributed by atoms with Gasteiger partial charge in [-0.1, -0.05) is 19.8 Å². The first-order valence-electron chi connectivity index (χ1n) is 6.29. The van der Waals surface area contributed by atoms with Gasteiger partial charge in [-0.3, -0.25) is 0 Å². The third kappa shape index (κ3) is 2.49. The summed E-state index contributed by atoms with van der Waals surface area (Å²) in [6, 6.07) is 6.75. The average Bonchev–Trinajstić information content (AvgIpc) is 2.25. The Balaban J connectivity index is 2.07. The maximum atomic E-state index is 5.76. The molecule has 1 aromatic rings. The molecule has 88 valence electrons. The second-order valence-electron chi connectivity index (χ2n) is 5.09. The SMILES string of the molecule is Cc1cc(N)ccc1NC1CCCCC1C. The lowest BCUT2D eigenvalue weighted by Crippen LogP contribution is -2.30. The first-order valence-corrected chi connectivity index (χ1v) is 6.29. The summed E-state index contributed by atoms with van der Waals surface area (Å²) in [5.74, 6) is 0.783. The summed E-state index contributed by atoms with van der Waals surface area (Å²) in [6.07, 6.45) is 5.40. The molecule has 0 heterocycles. The smallest absolute Gasteiger partial charge is 0.0373 e. The zero-order valence-electron chi connectivity index (χ0n) is 10.3. The van der Waals surface area contributed by atoms with Crippen LogP contribution in [0.4, 0.5) is 11.4 Å². The number of anilines is 2. The second kappa shape index (κ2) is 4.77. The van der Waals surface area contributed by atoms with Crippen LogP contribution in [0.15, 0.2) is 18.2 Å². The third-order valence-corrected chi connectivity index (χ3v) is 3.70. The predicted octanol–water partition coefficient (Wildman–Crippen LogP) is 3.57. The first kappa shape index (κ1) is 11.3. The van der Waals surface area contributed by atoms with Crippen molar-refractivity contribution < 1.29 is 0 Å². The van der Waals surface area contributed by atoms with Gasteiger partial charge in [-0.15, -0.1) is 0 Å². The quantitative estimate of drug-likeness (QED) is 0.745. The van der Waals surface area contributed by atoms with E-state index in [9.17, 15) is 0 Å². The van der Waals surface area contributed by atoms with E-state index in [4.69, 9.17) is 5.73 Å². The Hall–Kier alpha value is -1.18. The lowest BCUT2D eigenvalue weighted by molar-refractivity contribution is 0.349. The Kier molecular flexibility index (Phi) is 3.37. The van der Waals surface area contributed by atoms with E-state index in [1.165, 1.54) is 36.9 Å². The van der Waals surface area contributed by atoms with Gasteiger partial charge in [0.15, 0.2) is 0 Å². The molecule has 0 aliphatic heterocycles. The highest BCUT2D eigenvalue weighted by atomic mass is 14.9. The lowest BCUT2D eigenvalue weighted by Gasteiger charge is -2.31. The predicted molar refractivity (Wildman–Crippen MR) is 70.6 cm³/mol. The molecule has 3 N–H and O–H groups in total. The lowest BCUT2D eigenvalue weighted by atomic mass is 9.85. The summed E-state index contributed by atoms with van der Waals surface area (Å²) < 4.78 is 0. The summed E-state index contributed by atoms with van der Waals surface area (Å²) in [4.78, 5) is 0. The Labute approximate surface area is 98.2 Å². The van der Waals surface area contributed by atoms with Gasteiger partial charge in [-0.2, -0.15) is 0 Å². The highest BCUT2D eigenvalue weighted by Crippen LogP contribution is 2.28. The average molecular weight is 218 g/mol. The van der Waals surface area contributed by atoms with Gasteiger partial charge in [0.1, 0.15) is 0 Å². The standard InChI is InChI=1S/C14H22N2/c1-10-5-3-4-6-13(10)16-14-8-7-12(15)9-11(14)2/h7-10,13,16H,3-6,15H2,1-2H3. The monoisotopic (exact) mass is 218 g/mol. The number of nitrogen functional groups attached to an aromatic ring is 1. The molecule has 1 saturated carbocycles. The summed E-state index contributed by atoms with van der Waals surface area (Å²) >= 11 is 0. The van der Waals surface area contributed by atoms with E-state index < -0.39 is 0 Å². The molecule has 0 saturated heterocycles. The van der Waals surface area contributed by atoms with Crippen molar-refractivity contribution in [1.29, 1.82) is 0 Å². The number of hydrogen-bond donors (Lipinski definition) is 2. The van der Waals surface area contributed by atoms with Crippen molar-refractivity contribution >= 4 is 11.4 Å². The van der Waals surface area contributed by atoms with Gasteiger partial charge >= 0.3 is 0 Å². The Morgan fingerprint density at radius 3 is 2.69 bits per heavy atom. The topological polar surface area (TPSA) is 38.0 Å². The molecule has 2 unspecified atom stereocenters. The van der Waals surface area contributed by atoms with Crippen molar-refractivity contribution in [3.63, 3.8) is 0 Å². The molecule has 0 aromatic heterocycles. The molecule has 0 spiro atoms. The van der Waals surface area contributed by atoms with Crippen LogP contribution in [0.2, 0.25) is 0 Å². The molecule has 1 fully saturated rings. The molecule has 0 bridgehead atoms. The molecule has 2 nitrogen and oxygen atoms in total. The van der Waals surface area contributed by atoms with Crippen LogP contribution in [-0.2, 0) is 0 Å². The second-order valence-corrected chi connectivity index (χ2v) is 5.09. The summed E-state index contributed by atoms with van der Waals surface area (Å²) in [6.45, 7) is 4.47. The fourth-order valence-electron chi connectivity index (χ4n) is 2.58. The van der Waals surface area contributed by atoms with Crippen LogP contribution in [0.3, 0.4) is 0 Å². The first-order chi connectivity index (χ1) is 7.66. The van der Waals surface area contributed by atoms with E-state index >= 15 is 0 Å². The number of nitrogens with one attached hydrogen (secondary N) is 1. The van der Waals surface area contributed by atoms with E-state index in [0.29, 0.717) is 6.04 Å². The maximum absolute atomic E-state index is 5.76. The minimum Gasteiger partial charge on any atom is -0.399 e. The van der Waals surface area contributed by atoms with Gasteiger partial charge in [0.25, 0.3) is 0 Å². The Morgan fingerprint density at radius 1 is 1.25 bits per heavy atom. The number of hydrogen-bond acceptors (Lipinski definition) is 2. The highest BCUT2D eigenvalue weighted by Gasteiger charge is 2.21. The summed E-state index contributed by atoms with van der Waals surface area (Å²) in [5.41, 5.74) is 9.10. The zero-order valence-corrected chi connectivity index (χ0v) is 10.3. The van der Waals surface area contributed by atoms with Crippen molar-refractivity contribution in [3.8, 4) is 0 Å². The Morgan fingerprint density at radius 2 is 2.00 bits per heavy atom. The van der Waals surface area contributed by atoms with Gasteiger partial charge in [-0.25, -0.2) is 0 Å². The van der Waals surface area contributed by atoms with Crippen LogP contribution in [-0.4, -0.2) is 6.04 Å². The molecule has 2 heteroatoms. The molecule has 0 radical (unpaired) electrons. The number of nitrogens with two attached hydrogens (primary N) is 1. The largest absolute Gasteiger partial charge is 0.399 e. The van der Waals surface area contributed by atoms with Gasteiger partial charge in [0.2, 0.25) is 0 Å². The zero-order chi connectivity index (χ0) is 11.5. The number of rotatable bonds is 2. The van der Waals surface area contributed by atoms with Crippen molar-refractivity contribution in [1.82, 2.24) is 0 Å². The highest BCUT2D eigenvalue weighted by molar-refractivity contribution is 5.57. The van der Waals surface area contributed by atoms with Crippen molar-refractivity contribution in [2.75, 3.05) is 11.1 Å². The van der Waals surface area contributed by atoms with Crippen LogP contribution < -0.4 is 11.1 Å². The normalized spacial score (nSPS) is 25.4. The van der Waals surface area contributed by atoms with Gasteiger partial charge in [-0.05, 0) is 49.4 Å². The van der Waals surface area contributed by atoms with E-state index in [1.807, 2.05) is 12.1 Å². The van der Waals surface area contributed by atoms with E-state index in [1.54, 1.807) is 0 Å². The van der Waals surface area contributed by atoms with Crippen LogP contribution >= 0.6 is 0 Å². The van der Waals surface area contributed by atoms with Gasteiger partial charge < -0.3 is 11.1 Å². The van der Waals surface area contributed by atoms with Crippen molar-refractivity contribution in [2.45, 2.75) is 45.6 Å². The molecule has 0 amide bonds. The summed E-state index contributed by atoms with van der Waals surface area (Å²) in [5, 5.41) is 3.67. The van der Waals surface area contributed by atoms with Crippen molar-refractivity contribution in [3.05, 3.63) is 23.8 Å². The Bertz CT molecular complexity index is 360. The van der Waals surface area contributed by atoms with E-state index in [0.717, 1.165) is 11.6 Å². The van der Waals surface area contributed by atoms with Crippen molar-refractivity contribution in [2.24, 2.45) is 5.92 Å². The number of aryl methyl sites for hydroxylation is 1. The molecule has 16 heavy (non-hydrogen) atoms. The molecule has 1 aliphatic carbocycles. The molecular weight excluding hydrogens is 196 g/mol. The van der Waals surface area contributed by atoms with Crippen LogP contribution in [0.5, 0.6) is 0 Å². The molecule has 1 aliphatic rings. The third-order valence-electron chi connectivity index (χ3n) is 3.70. The van der Waals surface area contributed by atoms with E-state index in [2.05, 4.69) is 25.2 Å². The number of benzene rings is 1. The van der Waals surface area contributed by atoms with Crippen LogP contribution in [0.25, 0.3) is 0 Å². The fourth-order valence-corrected chi connectivity index (χ4v) is 2.58. The minimum absolute atomic E-state index is 0.635. The molecule has 2 atom stereocenters. The van der Waals surface area contributed by atoms with Crippen LogP contribution in [0.1, 0.15) is 38.2 Å². The molecule has 2 rings (SSSR count). The van der Waals surface area contributed by atoms with Gasteiger partial charge in [0, 0.05) is 17.4 Å². The van der Waals surface area contributed by atoms with E-state index in [-0.39, 0.29) is 0 Å². The molecule has 1 aromatic carbocycles.